The molecule has 1 aliphatic carbocycles. The molecule has 2 fully saturated rings. The summed E-state index contributed by atoms with van der Waals surface area (Å²) in [6, 6.07) is 10.2. The summed E-state index contributed by atoms with van der Waals surface area (Å²) in [7, 11) is 0. The third-order valence-corrected chi connectivity index (χ3v) is 7.18. The van der Waals surface area contributed by atoms with Gasteiger partial charge in [-0.1, -0.05) is 24.3 Å². The predicted octanol–water partition coefficient (Wildman–Crippen LogP) is 1.58. The highest BCUT2D eigenvalue weighted by Crippen LogP contribution is 2.29. The fourth-order valence-electron chi connectivity index (χ4n) is 5.53. The van der Waals surface area contributed by atoms with Crippen molar-refractivity contribution in [1.29, 1.82) is 0 Å². The van der Waals surface area contributed by atoms with E-state index in [4.69, 9.17) is 0 Å². The van der Waals surface area contributed by atoms with Crippen LogP contribution in [0.5, 0.6) is 0 Å². The Morgan fingerprint density at radius 3 is 2.23 bits per heavy atom. The number of piperidine rings is 2. The van der Waals surface area contributed by atoms with Crippen LogP contribution in [0.1, 0.15) is 43.7 Å². The van der Waals surface area contributed by atoms with Crippen molar-refractivity contribution >= 4 is 11.8 Å². The van der Waals surface area contributed by atoms with Crippen LogP contribution in [-0.4, -0.2) is 73.0 Å². The first-order valence-electron chi connectivity index (χ1n) is 11.7. The van der Waals surface area contributed by atoms with Crippen molar-refractivity contribution in [2.45, 2.75) is 57.5 Å². The Labute approximate surface area is 180 Å². The summed E-state index contributed by atoms with van der Waals surface area (Å²) in [5.41, 5.74) is 3.07. The van der Waals surface area contributed by atoms with Gasteiger partial charge in [0.25, 0.3) is 0 Å². The Morgan fingerprint density at radius 1 is 0.900 bits per heavy atom. The molecule has 0 saturated carbocycles. The first-order valence-corrected chi connectivity index (χ1v) is 11.7. The average Bonchev–Trinajstić information content (AvgIpc) is 3.21. The van der Waals surface area contributed by atoms with E-state index in [1.807, 2.05) is 0 Å². The Kier molecular flexibility index (Phi) is 7.05. The summed E-state index contributed by atoms with van der Waals surface area (Å²) < 4.78 is 0. The number of hydrogen-bond donors (Lipinski definition) is 2. The first kappa shape index (κ1) is 21.3. The third kappa shape index (κ3) is 5.22. The number of rotatable bonds is 6. The Hall–Kier alpha value is -1.92. The van der Waals surface area contributed by atoms with E-state index in [1.165, 1.54) is 56.8 Å². The monoisotopic (exact) mass is 412 g/mol. The number of fused-ring (bicyclic) bond motifs is 1. The lowest BCUT2D eigenvalue weighted by molar-refractivity contribution is -0.127. The van der Waals surface area contributed by atoms with Crippen molar-refractivity contribution in [3.63, 3.8) is 0 Å². The first-order chi connectivity index (χ1) is 14.6. The molecular weight excluding hydrogens is 376 g/mol. The van der Waals surface area contributed by atoms with Gasteiger partial charge in [-0.05, 0) is 69.3 Å². The van der Waals surface area contributed by atoms with E-state index in [0.717, 1.165) is 25.9 Å². The van der Waals surface area contributed by atoms with E-state index in [9.17, 15) is 9.59 Å². The highest BCUT2D eigenvalue weighted by molar-refractivity contribution is 5.79. The predicted molar refractivity (Wildman–Crippen MR) is 118 cm³/mol. The third-order valence-electron chi connectivity index (χ3n) is 7.18. The summed E-state index contributed by atoms with van der Waals surface area (Å²) in [6.07, 6.45) is 6.90. The topological polar surface area (TPSA) is 64.7 Å². The molecule has 2 saturated heterocycles. The molecule has 1 atom stereocenters. The smallest absolute Gasteiger partial charge is 0.224 e. The van der Waals surface area contributed by atoms with Crippen LogP contribution >= 0.6 is 0 Å². The number of nitrogens with one attached hydrogen (secondary N) is 2. The van der Waals surface area contributed by atoms with E-state index >= 15 is 0 Å². The molecule has 164 valence electrons. The van der Waals surface area contributed by atoms with Gasteiger partial charge in [-0.2, -0.15) is 0 Å². The number of hydrogen-bond acceptors (Lipinski definition) is 4. The van der Waals surface area contributed by atoms with Crippen LogP contribution in [-0.2, 0) is 22.4 Å². The molecule has 0 radical (unpaired) electrons. The SMILES string of the molecule is CC(=O)NCCNC(=O)C1CCCN(C2CCN(C3Cc4ccccc4C3)CC2)C1. The second kappa shape index (κ2) is 9.92. The summed E-state index contributed by atoms with van der Waals surface area (Å²) >= 11 is 0. The van der Waals surface area contributed by atoms with Gasteiger partial charge < -0.3 is 10.6 Å². The van der Waals surface area contributed by atoms with E-state index < -0.39 is 0 Å². The fourth-order valence-corrected chi connectivity index (χ4v) is 5.53. The van der Waals surface area contributed by atoms with Crippen molar-refractivity contribution in [2.24, 2.45) is 5.92 Å². The number of benzene rings is 1. The van der Waals surface area contributed by atoms with Crippen LogP contribution in [0.4, 0.5) is 0 Å². The van der Waals surface area contributed by atoms with Gasteiger partial charge in [0.1, 0.15) is 0 Å². The number of carbonyl (C=O) groups is 2. The minimum Gasteiger partial charge on any atom is -0.355 e. The summed E-state index contributed by atoms with van der Waals surface area (Å²) in [5, 5.41) is 5.72. The maximum absolute atomic E-state index is 12.5. The highest BCUT2D eigenvalue weighted by atomic mass is 16.2. The van der Waals surface area contributed by atoms with Gasteiger partial charge >= 0.3 is 0 Å². The highest BCUT2D eigenvalue weighted by Gasteiger charge is 2.34. The lowest BCUT2D eigenvalue weighted by Gasteiger charge is -2.43. The normalized spacial score (nSPS) is 23.8. The van der Waals surface area contributed by atoms with Crippen molar-refractivity contribution in [1.82, 2.24) is 20.4 Å². The second-order valence-electron chi connectivity index (χ2n) is 9.21. The zero-order chi connectivity index (χ0) is 20.9. The van der Waals surface area contributed by atoms with E-state index in [0.29, 0.717) is 25.2 Å². The minimum absolute atomic E-state index is 0.0547. The fraction of sp³-hybridized carbons (Fsp3) is 0.667. The molecule has 0 bridgehead atoms. The van der Waals surface area contributed by atoms with Crippen LogP contribution < -0.4 is 10.6 Å². The molecule has 4 rings (SSSR count). The van der Waals surface area contributed by atoms with Crippen LogP contribution in [0.25, 0.3) is 0 Å². The molecular formula is C24H36N4O2. The van der Waals surface area contributed by atoms with Gasteiger partial charge in [-0.15, -0.1) is 0 Å². The van der Waals surface area contributed by atoms with Gasteiger partial charge in [-0.3, -0.25) is 19.4 Å². The molecule has 6 heteroatoms. The Morgan fingerprint density at radius 2 is 1.57 bits per heavy atom. The van der Waals surface area contributed by atoms with Gasteiger partial charge in [-0.25, -0.2) is 0 Å². The average molecular weight is 413 g/mol. The summed E-state index contributed by atoms with van der Waals surface area (Å²) in [5.74, 6) is 0.172. The van der Waals surface area contributed by atoms with Crippen molar-refractivity contribution in [2.75, 3.05) is 39.3 Å². The molecule has 2 amide bonds. The molecule has 1 aromatic rings. The molecule has 0 spiro atoms. The van der Waals surface area contributed by atoms with E-state index in [2.05, 4.69) is 44.7 Å². The largest absolute Gasteiger partial charge is 0.355 e. The van der Waals surface area contributed by atoms with Gasteiger partial charge in [0.2, 0.25) is 11.8 Å². The lowest BCUT2D eigenvalue weighted by Crippen LogP contribution is -2.52. The van der Waals surface area contributed by atoms with Gasteiger partial charge in [0.05, 0.1) is 5.92 Å². The number of nitrogens with zero attached hydrogens (tertiary/aromatic N) is 2. The van der Waals surface area contributed by atoms with Gasteiger partial charge in [0, 0.05) is 38.6 Å². The zero-order valence-electron chi connectivity index (χ0n) is 18.2. The van der Waals surface area contributed by atoms with Crippen LogP contribution in [0.15, 0.2) is 24.3 Å². The Balaban J connectivity index is 1.21. The Bertz CT molecular complexity index is 719. The number of amides is 2. The number of carbonyl (C=O) groups excluding carboxylic acids is 2. The maximum Gasteiger partial charge on any atom is 0.224 e. The van der Waals surface area contributed by atoms with Crippen LogP contribution in [0.3, 0.4) is 0 Å². The van der Waals surface area contributed by atoms with Crippen molar-refractivity contribution in [3.05, 3.63) is 35.4 Å². The molecule has 1 aromatic carbocycles. The van der Waals surface area contributed by atoms with Crippen molar-refractivity contribution in [3.8, 4) is 0 Å². The molecule has 30 heavy (non-hydrogen) atoms. The lowest BCUT2D eigenvalue weighted by atomic mass is 9.92. The van der Waals surface area contributed by atoms with Crippen LogP contribution in [0.2, 0.25) is 0 Å². The van der Waals surface area contributed by atoms with Crippen molar-refractivity contribution < 1.29 is 9.59 Å². The van der Waals surface area contributed by atoms with Gasteiger partial charge in [0.15, 0.2) is 0 Å². The molecule has 6 nitrogen and oxygen atoms in total. The van der Waals surface area contributed by atoms with E-state index in [-0.39, 0.29) is 17.7 Å². The molecule has 1 unspecified atom stereocenters. The molecule has 3 aliphatic rings. The molecule has 2 N–H and O–H groups in total. The summed E-state index contributed by atoms with van der Waals surface area (Å²) in [4.78, 5) is 28.8. The van der Waals surface area contributed by atoms with Crippen LogP contribution in [0, 0.1) is 5.92 Å². The molecule has 2 heterocycles. The second-order valence-corrected chi connectivity index (χ2v) is 9.21. The molecule has 0 aromatic heterocycles. The van der Waals surface area contributed by atoms with E-state index in [1.54, 1.807) is 0 Å². The minimum atomic E-state index is -0.0547. The maximum atomic E-state index is 12.5. The quantitative estimate of drug-likeness (QED) is 0.697. The standard InChI is InChI=1S/C24H36N4O2/c1-18(29)25-10-11-26-24(30)21-7-4-12-28(17-21)22-8-13-27(14-9-22)23-15-19-5-2-3-6-20(19)16-23/h2-3,5-6,21-23H,4,7-17H2,1H3,(H,25,29)(H,26,30). The molecule has 2 aliphatic heterocycles. The zero-order valence-corrected chi connectivity index (χ0v) is 18.2. The number of likely N-dealkylation sites (tertiary alicyclic amines) is 2. The summed E-state index contributed by atoms with van der Waals surface area (Å²) in [6.45, 7) is 6.86.